The zero-order chi connectivity index (χ0) is 19.1. The van der Waals surface area contributed by atoms with E-state index in [4.69, 9.17) is 0 Å². The number of carbonyl (C=O) groups excluding carboxylic acids is 1. The molecule has 6 nitrogen and oxygen atoms in total. The van der Waals surface area contributed by atoms with Gasteiger partial charge in [0, 0.05) is 17.2 Å². The van der Waals surface area contributed by atoms with E-state index < -0.39 is 4.92 Å². The maximum Gasteiger partial charge on any atom is 0.278 e. The molecule has 3 aromatic rings. The largest absolute Gasteiger partial charge is 0.287 e. The molecule has 0 bridgehead atoms. The second-order valence-electron chi connectivity index (χ2n) is 5.57. The van der Waals surface area contributed by atoms with Crippen molar-refractivity contribution in [1.29, 1.82) is 0 Å². The Bertz CT molecular complexity index is 1010. The summed E-state index contributed by atoms with van der Waals surface area (Å²) in [6.45, 7) is 0. The molecule has 0 unspecified atom stereocenters. The Morgan fingerprint density at radius 3 is 2.00 bits per heavy atom. The molecular weight excluding hydrogens is 342 g/mol. The summed E-state index contributed by atoms with van der Waals surface area (Å²) >= 11 is 0. The predicted molar refractivity (Wildman–Crippen MR) is 104 cm³/mol. The van der Waals surface area contributed by atoms with Crippen LogP contribution in [0.2, 0.25) is 0 Å². The average molecular weight is 357 g/mol. The third-order valence-corrected chi connectivity index (χ3v) is 3.79. The van der Waals surface area contributed by atoms with E-state index >= 15 is 0 Å². The van der Waals surface area contributed by atoms with Crippen LogP contribution in [0.25, 0.3) is 0 Å². The van der Waals surface area contributed by atoms with Gasteiger partial charge in [-0.25, -0.2) is 0 Å². The molecule has 0 atom stereocenters. The predicted octanol–water partition coefficient (Wildman–Crippen LogP) is 4.30. The molecule has 3 rings (SSSR count). The molecule has 0 aliphatic heterocycles. The van der Waals surface area contributed by atoms with E-state index in [9.17, 15) is 14.9 Å². The quantitative estimate of drug-likeness (QED) is 0.285. The SMILES string of the molecule is O=C(/C(=N/N=C/c1ccccc1[N+](=O)[O-])c1ccccc1)c1ccccc1. The fraction of sp³-hybridized carbons (Fsp3) is 0. The van der Waals surface area contributed by atoms with Gasteiger partial charge in [0.05, 0.1) is 16.7 Å². The topological polar surface area (TPSA) is 84.9 Å². The lowest BCUT2D eigenvalue weighted by Gasteiger charge is -2.04. The van der Waals surface area contributed by atoms with Crippen LogP contribution in [-0.2, 0) is 0 Å². The molecule has 132 valence electrons. The smallest absolute Gasteiger partial charge is 0.278 e. The number of Topliss-reactive ketones (excluding diaryl/α,β-unsaturated/α-hetero) is 1. The molecule has 3 aromatic carbocycles. The summed E-state index contributed by atoms with van der Waals surface area (Å²) in [7, 11) is 0. The monoisotopic (exact) mass is 357 g/mol. The van der Waals surface area contributed by atoms with Crippen LogP contribution >= 0.6 is 0 Å². The van der Waals surface area contributed by atoms with Gasteiger partial charge in [0.25, 0.3) is 5.69 Å². The molecule has 0 heterocycles. The summed E-state index contributed by atoms with van der Waals surface area (Å²) in [6, 6.07) is 23.9. The van der Waals surface area contributed by atoms with Crippen LogP contribution in [-0.4, -0.2) is 22.6 Å². The van der Waals surface area contributed by atoms with E-state index in [2.05, 4.69) is 10.2 Å². The highest BCUT2D eigenvalue weighted by molar-refractivity contribution is 6.51. The van der Waals surface area contributed by atoms with Crippen molar-refractivity contribution in [3.63, 3.8) is 0 Å². The number of nitro groups is 1. The van der Waals surface area contributed by atoms with Crippen LogP contribution in [0, 0.1) is 10.1 Å². The molecule has 0 radical (unpaired) electrons. The van der Waals surface area contributed by atoms with Gasteiger partial charge in [-0.1, -0.05) is 72.8 Å². The average Bonchev–Trinajstić information content (AvgIpc) is 2.72. The molecule has 0 fully saturated rings. The Morgan fingerprint density at radius 2 is 1.37 bits per heavy atom. The minimum Gasteiger partial charge on any atom is -0.287 e. The summed E-state index contributed by atoms with van der Waals surface area (Å²) in [5.74, 6) is -0.276. The number of hydrogen-bond acceptors (Lipinski definition) is 5. The molecule has 0 saturated carbocycles. The van der Waals surface area contributed by atoms with Crippen molar-refractivity contribution >= 4 is 23.4 Å². The Balaban J connectivity index is 1.99. The standard InChI is InChI=1S/C21H15N3O3/c25-21(17-11-5-2-6-12-17)20(16-9-3-1-4-10-16)23-22-15-18-13-7-8-14-19(18)24(26)27/h1-15H/b22-15+,23-20+. The Labute approximate surface area is 155 Å². The van der Waals surface area contributed by atoms with Crippen LogP contribution in [0.4, 0.5) is 5.69 Å². The highest BCUT2D eigenvalue weighted by Crippen LogP contribution is 2.15. The van der Waals surface area contributed by atoms with Crippen molar-refractivity contribution in [3.8, 4) is 0 Å². The van der Waals surface area contributed by atoms with Crippen LogP contribution in [0.3, 0.4) is 0 Å². The van der Waals surface area contributed by atoms with Crippen LogP contribution in [0.5, 0.6) is 0 Å². The number of hydrogen-bond donors (Lipinski definition) is 0. The van der Waals surface area contributed by atoms with Crippen molar-refractivity contribution in [2.24, 2.45) is 10.2 Å². The Kier molecular flexibility index (Phi) is 5.59. The van der Waals surface area contributed by atoms with Gasteiger partial charge in [-0.05, 0) is 6.07 Å². The van der Waals surface area contributed by atoms with E-state index in [1.807, 2.05) is 12.1 Å². The lowest BCUT2D eigenvalue weighted by molar-refractivity contribution is -0.385. The molecule has 0 aromatic heterocycles. The molecule has 0 saturated heterocycles. The maximum atomic E-state index is 12.8. The van der Waals surface area contributed by atoms with Gasteiger partial charge in [0.1, 0.15) is 5.71 Å². The number of nitrogens with zero attached hydrogens (tertiary/aromatic N) is 3. The van der Waals surface area contributed by atoms with Gasteiger partial charge >= 0.3 is 0 Å². The zero-order valence-electron chi connectivity index (χ0n) is 14.2. The van der Waals surface area contributed by atoms with Crippen molar-refractivity contribution in [2.45, 2.75) is 0 Å². The second-order valence-corrected chi connectivity index (χ2v) is 5.57. The van der Waals surface area contributed by atoms with E-state index in [1.165, 1.54) is 12.3 Å². The Hall–Kier alpha value is -3.93. The third kappa shape index (κ3) is 4.38. The van der Waals surface area contributed by atoms with Crippen molar-refractivity contribution in [2.75, 3.05) is 0 Å². The number of nitro benzene ring substituents is 1. The second kappa shape index (κ2) is 8.44. The lowest BCUT2D eigenvalue weighted by Crippen LogP contribution is -2.15. The summed E-state index contributed by atoms with van der Waals surface area (Å²) in [5.41, 5.74) is 1.50. The van der Waals surface area contributed by atoms with Gasteiger partial charge in [0.15, 0.2) is 0 Å². The first-order chi connectivity index (χ1) is 13.2. The third-order valence-electron chi connectivity index (χ3n) is 3.79. The molecule has 6 heteroatoms. The lowest BCUT2D eigenvalue weighted by atomic mass is 10.0. The first-order valence-electron chi connectivity index (χ1n) is 8.16. The van der Waals surface area contributed by atoms with Crippen LogP contribution < -0.4 is 0 Å². The van der Waals surface area contributed by atoms with E-state index in [0.29, 0.717) is 16.7 Å². The van der Waals surface area contributed by atoms with E-state index in [1.54, 1.807) is 66.7 Å². The number of carbonyl (C=O) groups is 1. The van der Waals surface area contributed by atoms with Gasteiger partial charge < -0.3 is 0 Å². The van der Waals surface area contributed by atoms with E-state index in [0.717, 1.165) is 0 Å². The molecule has 27 heavy (non-hydrogen) atoms. The van der Waals surface area contributed by atoms with Gasteiger partial charge in [-0.2, -0.15) is 5.10 Å². The van der Waals surface area contributed by atoms with Crippen LogP contribution in [0.1, 0.15) is 21.5 Å². The number of ketones is 1. The number of rotatable bonds is 6. The van der Waals surface area contributed by atoms with Gasteiger partial charge in [-0.15, -0.1) is 5.10 Å². The molecular formula is C21H15N3O3. The first-order valence-corrected chi connectivity index (χ1v) is 8.16. The van der Waals surface area contributed by atoms with E-state index in [-0.39, 0.29) is 17.2 Å². The minimum absolute atomic E-state index is 0.0768. The first kappa shape index (κ1) is 17.9. The van der Waals surface area contributed by atoms with Crippen molar-refractivity contribution in [1.82, 2.24) is 0 Å². The molecule has 0 aliphatic rings. The molecule has 0 N–H and O–H groups in total. The normalized spacial score (nSPS) is 11.5. The summed E-state index contributed by atoms with van der Waals surface area (Å²) in [5, 5.41) is 19.1. The van der Waals surface area contributed by atoms with Crippen molar-refractivity contribution < 1.29 is 9.72 Å². The molecule has 0 spiro atoms. The van der Waals surface area contributed by atoms with Crippen molar-refractivity contribution in [3.05, 3.63) is 112 Å². The fourth-order valence-electron chi connectivity index (χ4n) is 2.47. The van der Waals surface area contributed by atoms with Crippen LogP contribution in [0.15, 0.2) is 95.1 Å². The molecule has 0 amide bonds. The number of benzene rings is 3. The fourth-order valence-corrected chi connectivity index (χ4v) is 2.47. The highest BCUT2D eigenvalue weighted by Gasteiger charge is 2.16. The Morgan fingerprint density at radius 1 is 0.815 bits per heavy atom. The van der Waals surface area contributed by atoms with Gasteiger partial charge in [-0.3, -0.25) is 14.9 Å². The summed E-state index contributed by atoms with van der Waals surface area (Å²) in [4.78, 5) is 23.4. The maximum absolute atomic E-state index is 12.8. The summed E-state index contributed by atoms with van der Waals surface area (Å²) < 4.78 is 0. The van der Waals surface area contributed by atoms with Gasteiger partial charge in [0.2, 0.25) is 5.78 Å². The zero-order valence-corrected chi connectivity index (χ0v) is 14.2. The highest BCUT2D eigenvalue weighted by atomic mass is 16.6. The summed E-state index contributed by atoms with van der Waals surface area (Å²) in [6.07, 6.45) is 1.28. The minimum atomic E-state index is -0.488. The molecule has 0 aliphatic carbocycles. The number of para-hydroxylation sites is 1.